The van der Waals surface area contributed by atoms with E-state index in [2.05, 4.69) is 85.5 Å². The third-order valence-corrected chi connectivity index (χ3v) is 6.46. The van der Waals surface area contributed by atoms with Crippen molar-refractivity contribution in [2.75, 3.05) is 13.2 Å². The highest BCUT2D eigenvalue weighted by molar-refractivity contribution is 5.89. The first-order chi connectivity index (χ1) is 16.6. The maximum atomic E-state index is 13.0. The van der Waals surface area contributed by atoms with Crippen LogP contribution in [-0.4, -0.2) is 47.6 Å². The lowest BCUT2D eigenvalue weighted by Crippen LogP contribution is -2.41. The average molecular weight is 491 g/mol. The molecule has 0 saturated carbocycles. The van der Waals surface area contributed by atoms with Crippen LogP contribution in [0.25, 0.3) is 0 Å². The van der Waals surface area contributed by atoms with Crippen molar-refractivity contribution in [3.05, 3.63) is 46.8 Å². The molecule has 0 aliphatic carbocycles. The van der Waals surface area contributed by atoms with Crippen molar-refractivity contribution in [2.24, 2.45) is 11.8 Å². The zero-order valence-electron chi connectivity index (χ0n) is 22.5. The van der Waals surface area contributed by atoms with E-state index in [9.17, 15) is 9.90 Å². The highest BCUT2D eigenvalue weighted by Crippen LogP contribution is 2.29. The van der Waals surface area contributed by atoms with Crippen molar-refractivity contribution in [1.29, 1.82) is 0 Å². The fourth-order valence-corrected chi connectivity index (χ4v) is 4.67. The molecule has 0 radical (unpaired) electrons. The Balaban J connectivity index is 2.09. The van der Waals surface area contributed by atoms with Crippen LogP contribution in [-0.2, 0) is 9.53 Å². The molecule has 35 heavy (non-hydrogen) atoms. The lowest BCUT2D eigenvalue weighted by molar-refractivity contribution is -0.140. The van der Waals surface area contributed by atoms with Gasteiger partial charge in [0.25, 0.3) is 0 Å². The molecule has 0 aromatic rings. The molecular weight excluding hydrogens is 444 g/mol. The van der Waals surface area contributed by atoms with E-state index in [4.69, 9.17) is 4.74 Å². The summed E-state index contributed by atoms with van der Waals surface area (Å²) in [5.41, 5.74) is 16.4. The summed E-state index contributed by atoms with van der Waals surface area (Å²) in [7, 11) is 0. The molecule has 0 aromatic carbocycles. The van der Waals surface area contributed by atoms with Gasteiger partial charge in [-0.2, -0.15) is 11.1 Å². The van der Waals surface area contributed by atoms with Crippen LogP contribution in [0.15, 0.2) is 46.8 Å². The number of carbonyl (C=O) groups is 1. The molecule has 9 heteroatoms. The Kier molecular flexibility index (Phi) is 11.5. The van der Waals surface area contributed by atoms with Crippen LogP contribution in [0.1, 0.15) is 67.7 Å². The van der Waals surface area contributed by atoms with Crippen molar-refractivity contribution < 1.29 is 14.6 Å². The lowest BCUT2D eigenvalue weighted by atomic mass is 9.89. The normalized spacial score (nSPS) is 22.3. The van der Waals surface area contributed by atoms with E-state index in [1.165, 1.54) is 11.1 Å². The van der Waals surface area contributed by atoms with Gasteiger partial charge in [0.2, 0.25) is 0 Å². The fraction of sp³-hybridized carbons (Fsp3) is 0.654. The third kappa shape index (κ3) is 8.18. The van der Waals surface area contributed by atoms with Crippen molar-refractivity contribution in [2.45, 2.75) is 86.2 Å². The molecule has 2 aliphatic rings. The molecule has 0 aromatic heterocycles. The minimum absolute atomic E-state index is 0.0562. The lowest BCUT2D eigenvalue weighted by Gasteiger charge is -2.30. The molecule has 198 valence electrons. The van der Waals surface area contributed by atoms with E-state index in [1.54, 1.807) is 6.92 Å². The Morgan fingerprint density at radius 2 is 1.89 bits per heavy atom. The zero-order valence-corrected chi connectivity index (χ0v) is 22.5. The Bertz CT molecular complexity index is 829. The van der Waals surface area contributed by atoms with Gasteiger partial charge in [-0.25, -0.2) is 15.6 Å². The second-order valence-electron chi connectivity index (χ2n) is 9.89. The largest absolute Gasteiger partial charge is 0.456 e. The van der Waals surface area contributed by atoms with Crippen molar-refractivity contribution in [3.8, 4) is 0 Å². The Hall–Kier alpha value is -2.17. The summed E-state index contributed by atoms with van der Waals surface area (Å²) in [4.78, 5) is 15.0. The van der Waals surface area contributed by atoms with Gasteiger partial charge in [-0.15, -0.1) is 0 Å². The number of aliphatic hydroxyl groups excluding tert-OH is 1. The van der Waals surface area contributed by atoms with Gasteiger partial charge in [-0.05, 0) is 69.9 Å². The van der Waals surface area contributed by atoms with Crippen LogP contribution < -0.4 is 27.2 Å². The molecule has 2 aliphatic heterocycles. The number of carbonyl (C=O) groups excluding carboxylic acids is 1. The summed E-state index contributed by atoms with van der Waals surface area (Å²) in [5.74, 6) is 0.254. The number of nitrogens with zero attached hydrogens (tertiary/aromatic N) is 1. The number of rotatable bonds is 13. The minimum Gasteiger partial charge on any atom is -0.456 e. The Labute approximate surface area is 211 Å². The summed E-state index contributed by atoms with van der Waals surface area (Å²) < 4.78 is 5.47. The number of allylic oxidation sites excluding steroid dienone is 4. The summed E-state index contributed by atoms with van der Waals surface area (Å²) >= 11 is 0. The summed E-state index contributed by atoms with van der Waals surface area (Å²) in [6.45, 7) is 18.9. The Morgan fingerprint density at radius 1 is 1.23 bits per heavy atom. The predicted molar refractivity (Wildman–Crippen MR) is 140 cm³/mol. The first-order valence-corrected chi connectivity index (χ1v) is 12.7. The van der Waals surface area contributed by atoms with Gasteiger partial charge >= 0.3 is 5.97 Å². The number of aliphatic hydroxyl groups is 1. The minimum atomic E-state index is -0.785. The molecular formula is C26H46N6O3. The average Bonchev–Trinajstić information content (AvgIpc) is 3.44. The number of esters is 1. The van der Waals surface area contributed by atoms with Crippen LogP contribution in [0.3, 0.4) is 0 Å². The van der Waals surface area contributed by atoms with Crippen LogP contribution in [0.5, 0.6) is 0 Å². The van der Waals surface area contributed by atoms with Gasteiger partial charge in [0.1, 0.15) is 12.3 Å². The van der Waals surface area contributed by atoms with Crippen molar-refractivity contribution in [1.82, 2.24) is 32.1 Å². The maximum Gasteiger partial charge on any atom is 0.356 e. The SMILES string of the molecule is C=C(C)COC(=O)C1=C([C@@H](C)O)NC(CC)N1C[C@H](C)C/C=C(C)/C(=C/C)[C@@H](C)CC1NNNN1. The van der Waals surface area contributed by atoms with Gasteiger partial charge in [0.05, 0.1) is 24.1 Å². The van der Waals surface area contributed by atoms with E-state index in [-0.39, 0.29) is 24.9 Å². The molecule has 1 unspecified atom stereocenters. The topological polar surface area (TPSA) is 110 Å². The van der Waals surface area contributed by atoms with E-state index in [0.717, 1.165) is 24.8 Å². The third-order valence-electron chi connectivity index (χ3n) is 6.46. The van der Waals surface area contributed by atoms with Crippen molar-refractivity contribution in [3.63, 3.8) is 0 Å². The second kappa shape index (κ2) is 13.8. The summed E-state index contributed by atoms with van der Waals surface area (Å²) in [5, 5.41) is 13.7. The summed E-state index contributed by atoms with van der Waals surface area (Å²) in [6, 6.07) is 0. The molecule has 0 amide bonds. The Morgan fingerprint density at radius 3 is 2.43 bits per heavy atom. The number of nitrogens with one attached hydrogen (secondary N) is 5. The van der Waals surface area contributed by atoms with Crippen LogP contribution in [0.4, 0.5) is 0 Å². The molecule has 0 bridgehead atoms. The van der Waals surface area contributed by atoms with Crippen LogP contribution >= 0.6 is 0 Å². The van der Waals surface area contributed by atoms with Gasteiger partial charge in [-0.3, -0.25) is 0 Å². The number of ether oxygens (including phenoxy) is 1. The maximum absolute atomic E-state index is 13.0. The summed E-state index contributed by atoms with van der Waals surface area (Å²) in [6.07, 6.45) is 6.43. The van der Waals surface area contributed by atoms with Gasteiger partial charge < -0.3 is 20.1 Å². The highest BCUT2D eigenvalue weighted by Gasteiger charge is 2.37. The standard InChI is InChI=1S/C26H46N6O3/c1-9-21(19(7)13-22-28-30-31-29-22)18(6)12-11-17(5)14-32-23(10-2)27-24(20(8)33)25(32)26(34)35-15-16(3)4/h9,12,17,19-20,22-23,27-31,33H,3,10-11,13-15H2,1-2,4-8H3/b18-12+,21-9-/t17-,19+,20-,23?/m1/s1. The van der Waals surface area contributed by atoms with E-state index < -0.39 is 12.1 Å². The number of hydrogen-bond acceptors (Lipinski definition) is 9. The first kappa shape index (κ1) is 29.1. The van der Waals surface area contributed by atoms with Crippen molar-refractivity contribution >= 4 is 5.97 Å². The van der Waals surface area contributed by atoms with Crippen LogP contribution in [0, 0.1) is 11.8 Å². The second-order valence-corrected chi connectivity index (χ2v) is 9.89. The molecule has 1 saturated heterocycles. The molecule has 9 nitrogen and oxygen atoms in total. The molecule has 4 atom stereocenters. The number of hydrogen-bond donors (Lipinski definition) is 6. The smallest absolute Gasteiger partial charge is 0.356 e. The molecule has 6 N–H and O–H groups in total. The van der Waals surface area contributed by atoms with Crippen LogP contribution in [0.2, 0.25) is 0 Å². The molecule has 2 rings (SSSR count). The quantitative estimate of drug-likeness (QED) is 0.132. The number of hydrazine groups is 3. The van der Waals surface area contributed by atoms with Gasteiger partial charge in [0, 0.05) is 6.54 Å². The van der Waals surface area contributed by atoms with E-state index >= 15 is 0 Å². The van der Waals surface area contributed by atoms with E-state index in [1.807, 2.05) is 6.92 Å². The zero-order chi connectivity index (χ0) is 26.1. The molecule has 2 heterocycles. The van der Waals surface area contributed by atoms with Gasteiger partial charge in [0.15, 0.2) is 0 Å². The highest BCUT2D eigenvalue weighted by atomic mass is 16.5. The molecule has 1 fully saturated rings. The monoisotopic (exact) mass is 490 g/mol. The van der Waals surface area contributed by atoms with E-state index in [0.29, 0.717) is 23.9 Å². The molecule has 0 spiro atoms. The first-order valence-electron chi connectivity index (χ1n) is 12.7. The predicted octanol–water partition coefficient (Wildman–Crippen LogP) is 2.73. The fourth-order valence-electron chi connectivity index (χ4n) is 4.67. The van der Waals surface area contributed by atoms with Gasteiger partial charge in [-0.1, -0.05) is 45.1 Å².